The van der Waals surface area contributed by atoms with Crippen molar-refractivity contribution in [1.29, 1.82) is 0 Å². The van der Waals surface area contributed by atoms with Crippen LogP contribution in [0.3, 0.4) is 0 Å². The largest absolute Gasteiger partial charge is 0.507 e. The van der Waals surface area contributed by atoms with Gasteiger partial charge in [-0.25, -0.2) is 0 Å². The van der Waals surface area contributed by atoms with Crippen molar-refractivity contribution in [2.75, 3.05) is 18.1 Å². The Morgan fingerprint density at radius 1 is 1.33 bits per heavy atom. The minimum Gasteiger partial charge on any atom is -0.507 e. The molecule has 2 saturated heterocycles. The van der Waals surface area contributed by atoms with Crippen molar-refractivity contribution in [1.82, 2.24) is 5.32 Å². The van der Waals surface area contributed by atoms with Crippen LogP contribution in [0.5, 0.6) is 5.75 Å². The van der Waals surface area contributed by atoms with E-state index in [1.54, 1.807) is 6.07 Å². The van der Waals surface area contributed by atoms with E-state index in [1.807, 2.05) is 42.1 Å². The predicted octanol–water partition coefficient (Wildman–Crippen LogP) is 3.33. The van der Waals surface area contributed by atoms with Gasteiger partial charge in [0.25, 0.3) is 5.91 Å². The fraction of sp³-hybridized carbons (Fsp3) is 0.421. The Kier molecular flexibility index (Phi) is 4.14. The van der Waals surface area contributed by atoms with Crippen molar-refractivity contribution < 1.29 is 14.6 Å². The number of rotatable bonds is 2. The maximum atomic E-state index is 12.6. The maximum absolute atomic E-state index is 12.6. The summed E-state index contributed by atoms with van der Waals surface area (Å²) in [6.07, 6.45) is 2.80. The molecule has 1 spiro atoms. The molecule has 4 rings (SSSR count). The minimum atomic E-state index is -0.122. The third-order valence-corrected chi connectivity index (χ3v) is 6.22. The second kappa shape index (κ2) is 6.30. The number of carbonyl (C=O) groups excluding carboxylic acids is 1. The summed E-state index contributed by atoms with van der Waals surface area (Å²) in [6, 6.07) is 11.1. The van der Waals surface area contributed by atoms with Crippen molar-refractivity contribution in [2.45, 2.75) is 30.9 Å². The van der Waals surface area contributed by atoms with E-state index in [2.05, 4.69) is 5.32 Å². The lowest BCUT2D eigenvalue weighted by Crippen LogP contribution is -2.48. The Labute approximate surface area is 145 Å². The molecule has 2 aromatic carbocycles. The quantitative estimate of drug-likeness (QED) is 0.878. The molecule has 2 aliphatic rings. The van der Waals surface area contributed by atoms with Crippen LogP contribution in [0.1, 0.15) is 29.6 Å². The molecule has 2 atom stereocenters. The van der Waals surface area contributed by atoms with Crippen LogP contribution in [0.2, 0.25) is 0 Å². The van der Waals surface area contributed by atoms with Gasteiger partial charge in [0.15, 0.2) is 0 Å². The number of nitrogens with one attached hydrogen (secondary N) is 1. The van der Waals surface area contributed by atoms with E-state index in [0.29, 0.717) is 12.2 Å². The second-order valence-corrected chi connectivity index (χ2v) is 7.82. The zero-order valence-corrected chi connectivity index (χ0v) is 14.3. The van der Waals surface area contributed by atoms with E-state index in [9.17, 15) is 9.90 Å². The Morgan fingerprint density at radius 3 is 3.04 bits per heavy atom. The fourth-order valence-corrected chi connectivity index (χ4v) is 5.08. The Balaban J connectivity index is 1.52. The van der Waals surface area contributed by atoms with Crippen molar-refractivity contribution >= 4 is 28.4 Å². The van der Waals surface area contributed by atoms with Gasteiger partial charge in [-0.1, -0.05) is 24.3 Å². The smallest absolute Gasteiger partial charge is 0.251 e. The molecule has 0 radical (unpaired) electrons. The number of ether oxygens (including phenoxy) is 1. The van der Waals surface area contributed by atoms with Crippen molar-refractivity contribution in [3.63, 3.8) is 0 Å². The summed E-state index contributed by atoms with van der Waals surface area (Å²) in [5, 5.41) is 14.9. The highest BCUT2D eigenvalue weighted by atomic mass is 32.2. The Bertz CT molecular complexity index is 770. The zero-order valence-electron chi connectivity index (χ0n) is 13.5. The average molecular weight is 343 g/mol. The monoisotopic (exact) mass is 343 g/mol. The molecule has 1 amide bonds. The van der Waals surface area contributed by atoms with Gasteiger partial charge in [0.05, 0.1) is 5.60 Å². The van der Waals surface area contributed by atoms with Crippen molar-refractivity contribution in [3.8, 4) is 5.75 Å². The highest BCUT2D eigenvalue weighted by Gasteiger charge is 2.40. The number of hydrogen-bond acceptors (Lipinski definition) is 4. The molecular weight excluding hydrogens is 322 g/mol. The fourth-order valence-electron chi connectivity index (χ4n) is 3.70. The number of aromatic hydroxyl groups is 1. The normalized spacial score (nSPS) is 26.8. The molecule has 126 valence electrons. The molecule has 0 aromatic heterocycles. The highest BCUT2D eigenvalue weighted by Crippen LogP contribution is 2.38. The van der Waals surface area contributed by atoms with Gasteiger partial charge in [0.2, 0.25) is 0 Å². The first kappa shape index (κ1) is 15.8. The van der Waals surface area contributed by atoms with E-state index in [0.717, 1.165) is 41.5 Å². The van der Waals surface area contributed by atoms with Crippen LogP contribution in [-0.2, 0) is 4.74 Å². The van der Waals surface area contributed by atoms with E-state index in [4.69, 9.17) is 4.74 Å². The third kappa shape index (κ3) is 2.98. The molecule has 2 heterocycles. The van der Waals surface area contributed by atoms with E-state index in [1.165, 1.54) is 0 Å². The predicted molar refractivity (Wildman–Crippen MR) is 96.7 cm³/mol. The molecular formula is C19H21NO3S. The Hall–Kier alpha value is -1.72. The highest BCUT2D eigenvalue weighted by molar-refractivity contribution is 7.99. The van der Waals surface area contributed by atoms with Gasteiger partial charge in [-0.2, -0.15) is 11.8 Å². The SMILES string of the molecule is O=C(N[C@H]1CCO[C@@]2(CCSC2)C1)c1cc(O)c2ccccc2c1. The first-order chi connectivity index (χ1) is 11.7. The van der Waals surface area contributed by atoms with Crippen LogP contribution >= 0.6 is 11.8 Å². The molecule has 0 saturated carbocycles. The number of fused-ring (bicyclic) bond motifs is 1. The lowest BCUT2D eigenvalue weighted by Gasteiger charge is -2.38. The summed E-state index contributed by atoms with van der Waals surface area (Å²) in [4.78, 5) is 12.6. The molecule has 2 aliphatic heterocycles. The summed E-state index contributed by atoms with van der Waals surface area (Å²) < 4.78 is 6.01. The van der Waals surface area contributed by atoms with Crippen LogP contribution < -0.4 is 5.32 Å². The number of phenolic OH excluding ortho intramolecular Hbond substituents is 1. The maximum Gasteiger partial charge on any atom is 0.251 e. The molecule has 24 heavy (non-hydrogen) atoms. The lowest BCUT2D eigenvalue weighted by molar-refractivity contribution is -0.0688. The second-order valence-electron chi connectivity index (χ2n) is 6.71. The first-order valence-electron chi connectivity index (χ1n) is 8.40. The number of thioether (sulfide) groups is 1. The number of phenols is 1. The molecule has 2 N–H and O–H groups in total. The van der Waals surface area contributed by atoms with E-state index in [-0.39, 0.29) is 23.3 Å². The average Bonchev–Trinajstić information content (AvgIpc) is 3.02. The van der Waals surface area contributed by atoms with Gasteiger partial charge in [-0.05, 0) is 42.5 Å². The zero-order chi connectivity index (χ0) is 16.6. The van der Waals surface area contributed by atoms with Crippen LogP contribution in [0.25, 0.3) is 10.8 Å². The van der Waals surface area contributed by atoms with Gasteiger partial charge >= 0.3 is 0 Å². The van der Waals surface area contributed by atoms with Crippen LogP contribution in [0, 0.1) is 0 Å². The number of carbonyl (C=O) groups is 1. The molecule has 2 aromatic rings. The van der Waals surface area contributed by atoms with Gasteiger partial charge in [0.1, 0.15) is 5.75 Å². The molecule has 5 heteroatoms. The first-order valence-corrected chi connectivity index (χ1v) is 9.55. The summed E-state index contributed by atoms with van der Waals surface area (Å²) in [7, 11) is 0. The topological polar surface area (TPSA) is 58.6 Å². The Morgan fingerprint density at radius 2 is 2.21 bits per heavy atom. The minimum absolute atomic E-state index is 0.0492. The summed E-state index contributed by atoms with van der Waals surface area (Å²) in [5.74, 6) is 2.19. The van der Waals surface area contributed by atoms with Gasteiger partial charge in [-0.3, -0.25) is 4.79 Å². The van der Waals surface area contributed by atoms with Gasteiger partial charge in [0, 0.05) is 29.4 Å². The lowest BCUT2D eigenvalue weighted by atomic mass is 9.89. The number of hydrogen-bond donors (Lipinski definition) is 2. The molecule has 0 aliphatic carbocycles. The molecule has 2 fully saturated rings. The summed E-state index contributed by atoms with van der Waals surface area (Å²) >= 11 is 1.93. The number of amides is 1. The standard InChI is InChI=1S/C19H21NO3S/c21-17-10-14(9-13-3-1-2-4-16(13)17)18(22)20-15-5-7-23-19(11-15)6-8-24-12-19/h1-4,9-10,15,21H,5-8,11-12H2,(H,20,22)/t15-,19-/m0/s1. The van der Waals surface area contributed by atoms with Crippen molar-refractivity contribution in [2.24, 2.45) is 0 Å². The van der Waals surface area contributed by atoms with Crippen LogP contribution in [-0.4, -0.2) is 40.8 Å². The summed E-state index contributed by atoms with van der Waals surface area (Å²) in [6.45, 7) is 0.703. The summed E-state index contributed by atoms with van der Waals surface area (Å²) in [5.41, 5.74) is 0.458. The number of benzene rings is 2. The van der Waals surface area contributed by atoms with E-state index < -0.39 is 0 Å². The molecule has 0 bridgehead atoms. The third-order valence-electron chi connectivity index (χ3n) is 5.00. The van der Waals surface area contributed by atoms with Gasteiger partial charge in [-0.15, -0.1) is 0 Å². The molecule has 4 nitrogen and oxygen atoms in total. The molecule has 0 unspecified atom stereocenters. The van der Waals surface area contributed by atoms with Crippen LogP contribution in [0.15, 0.2) is 36.4 Å². The van der Waals surface area contributed by atoms with Crippen molar-refractivity contribution in [3.05, 3.63) is 42.0 Å². The van der Waals surface area contributed by atoms with Gasteiger partial charge < -0.3 is 15.2 Å². The van der Waals surface area contributed by atoms with E-state index >= 15 is 0 Å². The van der Waals surface area contributed by atoms with Crippen LogP contribution in [0.4, 0.5) is 0 Å².